The highest BCUT2D eigenvalue weighted by Crippen LogP contribution is 2.33. The molecule has 1 saturated heterocycles. The predicted molar refractivity (Wildman–Crippen MR) is 119 cm³/mol. The number of benzene rings is 2. The van der Waals surface area contributed by atoms with Crippen molar-refractivity contribution in [3.05, 3.63) is 58.8 Å². The second-order valence-corrected chi connectivity index (χ2v) is 8.20. The van der Waals surface area contributed by atoms with E-state index in [1.807, 2.05) is 35.2 Å². The standard InChI is InChI=1S/C23H26N6O3/c1-15-3-5-18(11-16(15)2)24-22-21(25-27-26-22)23(30)29-9-7-28(8-10-29)13-17-4-6-19-20(12-17)32-14-31-19/h3-6,11-12H,7-10,13-14H2,1-2H3,(H2,24,25,26,27). The average Bonchev–Trinajstić information content (AvgIpc) is 3.45. The lowest BCUT2D eigenvalue weighted by atomic mass is 10.1. The van der Waals surface area contributed by atoms with E-state index >= 15 is 0 Å². The Morgan fingerprint density at radius 1 is 1.00 bits per heavy atom. The van der Waals surface area contributed by atoms with Crippen molar-refractivity contribution in [1.29, 1.82) is 0 Å². The molecule has 3 aromatic rings. The van der Waals surface area contributed by atoms with E-state index in [1.165, 1.54) is 16.7 Å². The molecule has 2 aromatic carbocycles. The van der Waals surface area contributed by atoms with Gasteiger partial charge in [0.1, 0.15) is 0 Å². The number of rotatable bonds is 5. The quantitative estimate of drug-likeness (QED) is 0.638. The van der Waals surface area contributed by atoms with Crippen molar-refractivity contribution < 1.29 is 14.3 Å². The van der Waals surface area contributed by atoms with Crippen molar-refractivity contribution in [3.63, 3.8) is 0 Å². The predicted octanol–water partition coefficient (Wildman–Crippen LogP) is 2.85. The van der Waals surface area contributed by atoms with Crippen LogP contribution in [0.25, 0.3) is 0 Å². The highest BCUT2D eigenvalue weighted by Gasteiger charge is 2.27. The minimum atomic E-state index is -0.118. The van der Waals surface area contributed by atoms with Crippen LogP contribution in [-0.2, 0) is 6.54 Å². The molecule has 0 atom stereocenters. The van der Waals surface area contributed by atoms with Gasteiger partial charge in [0, 0.05) is 38.4 Å². The fourth-order valence-electron chi connectivity index (χ4n) is 3.98. The van der Waals surface area contributed by atoms with Crippen molar-refractivity contribution in [1.82, 2.24) is 25.2 Å². The molecular weight excluding hydrogens is 408 g/mol. The molecule has 0 bridgehead atoms. The van der Waals surface area contributed by atoms with Crippen LogP contribution in [0, 0.1) is 13.8 Å². The number of ether oxygens (including phenoxy) is 2. The van der Waals surface area contributed by atoms with Gasteiger partial charge in [-0.2, -0.15) is 5.21 Å². The lowest BCUT2D eigenvalue weighted by Gasteiger charge is -2.34. The first-order valence-corrected chi connectivity index (χ1v) is 10.7. The molecule has 1 fully saturated rings. The molecule has 3 heterocycles. The van der Waals surface area contributed by atoms with Crippen LogP contribution in [0.2, 0.25) is 0 Å². The van der Waals surface area contributed by atoms with Crippen molar-refractivity contribution >= 4 is 17.4 Å². The third kappa shape index (κ3) is 4.11. The van der Waals surface area contributed by atoms with Gasteiger partial charge in [0.15, 0.2) is 23.0 Å². The Morgan fingerprint density at radius 2 is 1.81 bits per heavy atom. The fourth-order valence-corrected chi connectivity index (χ4v) is 3.98. The summed E-state index contributed by atoms with van der Waals surface area (Å²) in [6.45, 7) is 8.06. The number of carbonyl (C=O) groups is 1. The van der Waals surface area contributed by atoms with Crippen molar-refractivity contribution in [2.45, 2.75) is 20.4 Å². The van der Waals surface area contributed by atoms with Gasteiger partial charge in [0.2, 0.25) is 6.79 Å². The zero-order valence-electron chi connectivity index (χ0n) is 18.2. The smallest absolute Gasteiger partial charge is 0.278 e. The summed E-state index contributed by atoms with van der Waals surface area (Å²) in [7, 11) is 0. The molecule has 0 spiro atoms. The zero-order chi connectivity index (χ0) is 22.1. The second-order valence-electron chi connectivity index (χ2n) is 8.20. The second kappa shape index (κ2) is 8.51. The van der Waals surface area contributed by atoms with Gasteiger partial charge >= 0.3 is 0 Å². The molecule has 1 amide bonds. The van der Waals surface area contributed by atoms with Crippen LogP contribution >= 0.6 is 0 Å². The number of H-pyrrole nitrogens is 1. The maximum atomic E-state index is 13.1. The van der Waals surface area contributed by atoms with Crippen molar-refractivity contribution in [3.8, 4) is 11.5 Å². The number of anilines is 2. The molecule has 0 unspecified atom stereocenters. The lowest BCUT2D eigenvalue weighted by molar-refractivity contribution is 0.0623. The number of aromatic amines is 1. The van der Waals surface area contributed by atoms with Crippen LogP contribution in [0.5, 0.6) is 11.5 Å². The monoisotopic (exact) mass is 434 g/mol. The number of nitrogens with one attached hydrogen (secondary N) is 2. The van der Waals surface area contributed by atoms with Crippen LogP contribution < -0.4 is 14.8 Å². The summed E-state index contributed by atoms with van der Waals surface area (Å²) in [5.41, 5.74) is 4.75. The summed E-state index contributed by atoms with van der Waals surface area (Å²) in [5.74, 6) is 1.92. The maximum Gasteiger partial charge on any atom is 0.278 e. The van der Waals surface area contributed by atoms with E-state index in [0.29, 0.717) is 24.6 Å². The summed E-state index contributed by atoms with van der Waals surface area (Å²) in [6, 6.07) is 12.1. The SMILES string of the molecule is Cc1ccc(Nc2n[nH]nc2C(=O)N2CCN(Cc3ccc4c(c3)OCO4)CC2)cc1C. The molecule has 2 aliphatic rings. The molecule has 2 N–H and O–H groups in total. The Labute approximate surface area is 186 Å². The van der Waals surface area contributed by atoms with Gasteiger partial charge in [0.25, 0.3) is 5.91 Å². The Hall–Kier alpha value is -3.59. The first-order chi connectivity index (χ1) is 15.6. The highest BCUT2D eigenvalue weighted by atomic mass is 16.7. The molecular formula is C23H26N6O3. The minimum absolute atomic E-state index is 0.118. The van der Waals surface area contributed by atoms with Crippen LogP contribution in [0.15, 0.2) is 36.4 Å². The Balaban J connectivity index is 1.20. The zero-order valence-corrected chi connectivity index (χ0v) is 18.2. The van der Waals surface area contributed by atoms with Gasteiger partial charge in [-0.1, -0.05) is 12.1 Å². The van der Waals surface area contributed by atoms with Gasteiger partial charge in [0.05, 0.1) is 0 Å². The number of aryl methyl sites for hydroxylation is 2. The molecule has 0 saturated carbocycles. The largest absolute Gasteiger partial charge is 0.454 e. The van der Waals surface area contributed by atoms with Gasteiger partial charge in [-0.15, -0.1) is 10.2 Å². The number of nitrogens with zero attached hydrogens (tertiary/aromatic N) is 4. The van der Waals surface area contributed by atoms with Gasteiger partial charge in [-0.05, 0) is 54.8 Å². The van der Waals surface area contributed by atoms with Crippen molar-refractivity contribution in [2.24, 2.45) is 0 Å². The molecule has 1 aromatic heterocycles. The Bertz CT molecular complexity index is 1140. The summed E-state index contributed by atoms with van der Waals surface area (Å²) in [4.78, 5) is 17.3. The number of piperazine rings is 1. The van der Waals surface area contributed by atoms with E-state index in [0.717, 1.165) is 36.8 Å². The summed E-state index contributed by atoms with van der Waals surface area (Å²) >= 11 is 0. The van der Waals surface area contributed by atoms with E-state index in [4.69, 9.17) is 9.47 Å². The normalized spacial score (nSPS) is 15.8. The highest BCUT2D eigenvalue weighted by molar-refractivity contribution is 5.97. The minimum Gasteiger partial charge on any atom is -0.454 e. The van der Waals surface area contributed by atoms with Crippen LogP contribution in [0.1, 0.15) is 27.2 Å². The molecule has 9 heteroatoms. The van der Waals surface area contributed by atoms with E-state index in [-0.39, 0.29) is 12.7 Å². The van der Waals surface area contributed by atoms with Crippen LogP contribution in [0.3, 0.4) is 0 Å². The molecule has 0 radical (unpaired) electrons. The Morgan fingerprint density at radius 3 is 2.62 bits per heavy atom. The number of fused-ring (bicyclic) bond motifs is 1. The number of hydrogen-bond acceptors (Lipinski definition) is 7. The average molecular weight is 435 g/mol. The summed E-state index contributed by atoms with van der Waals surface area (Å²) in [6.07, 6.45) is 0. The van der Waals surface area contributed by atoms with Crippen molar-refractivity contribution in [2.75, 3.05) is 38.3 Å². The van der Waals surface area contributed by atoms with E-state index in [9.17, 15) is 4.79 Å². The molecule has 2 aliphatic heterocycles. The fraction of sp³-hybridized carbons (Fsp3) is 0.348. The summed E-state index contributed by atoms with van der Waals surface area (Å²) in [5, 5.41) is 14.1. The van der Waals surface area contributed by atoms with E-state index < -0.39 is 0 Å². The first-order valence-electron chi connectivity index (χ1n) is 10.7. The number of hydrogen-bond donors (Lipinski definition) is 2. The molecule has 9 nitrogen and oxygen atoms in total. The lowest BCUT2D eigenvalue weighted by Crippen LogP contribution is -2.48. The Kier molecular flexibility index (Phi) is 5.40. The molecule has 5 rings (SSSR count). The topological polar surface area (TPSA) is 95.6 Å². The summed E-state index contributed by atoms with van der Waals surface area (Å²) < 4.78 is 10.8. The number of carbonyl (C=O) groups excluding carboxylic acids is 1. The van der Waals surface area contributed by atoms with Crippen LogP contribution in [0.4, 0.5) is 11.5 Å². The van der Waals surface area contributed by atoms with Crippen LogP contribution in [-0.4, -0.2) is 64.1 Å². The first kappa shape index (κ1) is 20.3. The number of aromatic nitrogens is 3. The third-order valence-electron chi connectivity index (χ3n) is 6.02. The molecule has 0 aliphatic carbocycles. The van der Waals surface area contributed by atoms with Gasteiger partial charge < -0.3 is 19.7 Å². The third-order valence-corrected chi connectivity index (χ3v) is 6.02. The number of amides is 1. The van der Waals surface area contributed by atoms with Gasteiger partial charge in [-0.3, -0.25) is 9.69 Å². The molecule has 32 heavy (non-hydrogen) atoms. The maximum absolute atomic E-state index is 13.1. The van der Waals surface area contributed by atoms with E-state index in [2.05, 4.69) is 45.5 Å². The van der Waals surface area contributed by atoms with Gasteiger partial charge in [-0.25, -0.2) is 0 Å². The molecule has 166 valence electrons. The van der Waals surface area contributed by atoms with E-state index in [1.54, 1.807) is 0 Å².